The fourth-order valence-corrected chi connectivity index (χ4v) is 2.87. The van der Waals surface area contributed by atoms with Crippen molar-refractivity contribution in [3.63, 3.8) is 0 Å². The summed E-state index contributed by atoms with van der Waals surface area (Å²) in [6.07, 6.45) is 0.437. The minimum Gasteiger partial charge on any atom is -0.324 e. The van der Waals surface area contributed by atoms with Crippen LogP contribution in [0.5, 0.6) is 0 Å². The third-order valence-electron chi connectivity index (χ3n) is 3.19. The Hall–Kier alpha value is -1.68. The number of aryl methyl sites for hydroxylation is 1. The van der Waals surface area contributed by atoms with Crippen LogP contribution in [-0.2, 0) is 18.3 Å². The van der Waals surface area contributed by atoms with Gasteiger partial charge in [-0.3, -0.25) is 4.79 Å². The first-order chi connectivity index (χ1) is 8.99. The van der Waals surface area contributed by atoms with Crippen molar-refractivity contribution in [2.45, 2.75) is 27.2 Å². The van der Waals surface area contributed by atoms with E-state index in [4.69, 9.17) is 4.99 Å². The van der Waals surface area contributed by atoms with Gasteiger partial charge in [0.25, 0.3) is 0 Å². The number of rotatable bonds is 3. The summed E-state index contributed by atoms with van der Waals surface area (Å²) >= 11 is 1.67. The van der Waals surface area contributed by atoms with Crippen LogP contribution in [0.1, 0.15) is 23.1 Å². The molecule has 0 aliphatic carbocycles. The van der Waals surface area contributed by atoms with Crippen molar-refractivity contribution < 1.29 is 4.79 Å². The molecular formula is C15H18N2OS. The maximum atomic E-state index is 11.3. The van der Waals surface area contributed by atoms with E-state index >= 15 is 0 Å². The minimum atomic E-state index is 0.158. The summed E-state index contributed by atoms with van der Waals surface area (Å²) in [5.41, 5.74) is 3.10. The Balaban J connectivity index is 2.53. The smallest absolute Gasteiger partial charge is 0.190 e. The summed E-state index contributed by atoms with van der Waals surface area (Å²) in [6.45, 7) is 5.79. The van der Waals surface area contributed by atoms with Crippen LogP contribution in [0.4, 0.5) is 5.69 Å². The van der Waals surface area contributed by atoms with Crippen LogP contribution >= 0.6 is 11.3 Å². The van der Waals surface area contributed by atoms with E-state index in [1.807, 2.05) is 31.3 Å². The molecule has 1 heterocycles. The van der Waals surface area contributed by atoms with Crippen molar-refractivity contribution in [3.8, 4) is 0 Å². The zero-order chi connectivity index (χ0) is 14.0. The second-order valence-electron chi connectivity index (χ2n) is 4.70. The van der Waals surface area contributed by atoms with Crippen LogP contribution in [0.15, 0.2) is 29.3 Å². The Morgan fingerprint density at radius 1 is 1.32 bits per heavy atom. The lowest BCUT2D eigenvalue weighted by Gasteiger charge is -2.02. The molecule has 2 rings (SSSR count). The van der Waals surface area contributed by atoms with Gasteiger partial charge in [-0.1, -0.05) is 18.2 Å². The average molecular weight is 274 g/mol. The highest BCUT2D eigenvalue weighted by molar-refractivity contribution is 7.09. The number of ketones is 1. The van der Waals surface area contributed by atoms with E-state index in [1.165, 1.54) is 10.6 Å². The summed E-state index contributed by atoms with van der Waals surface area (Å²) in [6, 6.07) is 7.83. The number of hydrogen-bond donors (Lipinski definition) is 0. The van der Waals surface area contributed by atoms with Crippen molar-refractivity contribution in [1.29, 1.82) is 0 Å². The van der Waals surface area contributed by atoms with Crippen LogP contribution in [-0.4, -0.2) is 10.4 Å². The standard InChI is InChI=1S/C15H18N2OS/c1-10(18)9-13-7-5-6-8-14(13)16-15-17(4)11(2)12(3)19-15/h5-8H,9H2,1-4H3. The molecule has 0 saturated heterocycles. The molecule has 0 saturated carbocycles. The summed E-state index contributed by atoms with van der Waals surface area (Å²) in [7, 11) is 2.02. The lowest BCUT2D eigenvalue weighted by Crippen LogP contribution is -2.11. The second-order valence-corrected chi connectivity index (χ2v) is 5.89. The van der Waals surface area contributed by atoms with Gasteiger partial charge in [0.2, 0.25) is 0 Å². The second kappa shape index (κ2) is 5.53. The van der Waals surface area contributed by atoms with E-state index < -0.39 is 0 Å². The van der Waals surface area contributed by atoms with Gasteiger partial charge in [0.1, 0.15) is 5.78 Å². The van der Waals surface area contributed by atoms with Crippen LogP contribution in [0.25, 0.3) is 0 Å². The Labute approximate surface area is 117 Å². The molecule has 19 heavy (non-hydrogen) atoms. The predicted molar refractivity (Wildman–Crippen MR) is 78.8 cm³/mol. The van der Waals surface area contributed by atoms with Crippen LogP contribution < -0.4 is 4.80 Å². The van der Waals surface area contributed by atoms with Gasteiger partial charge in [0.05, 0.1) is 5.69 Å². The monoisotopic (exact) mass is 274 g/mol. The van der Waals surface area contributed by atoms with E-state index in [0.717, 1.165) is 16.1 Å². The van der Waals surface area contributed by atoms with E-state index in [1.54, 1.807) is 18.3 Å². The molecule has 1 aromatic heterocycles. The van der Waals surface area contributed by atoms with Gasteiger partial charge in [-0.2, -0.15) is 0 Å². The lowest BCUT2D eigenvalue weighted by atomic mass is 10.1. The third kappa shape index (κ3) is 3.01. The van der Waals surface area contributed by atoms with Crippen molar-refractivity contribution in [2.75, 3.05) is 0 Å². The number of thiazole rings is 1. The number of carbonyl (C=O) groups is 1. The van der Waals surface area contributed by atoms with Gasteiger partial charge >= 0.3 is 0 Å². The maximum absolute atomic E-state index is 11.3. The van der Waals surface area contributed by atoms with Gasteiger partial charge in [-0.15, -0.1) is 11.3 Å². The quantitative estimate of drug-likeness (QED) is 0.847. The van der Waals surface area contributed by atoms with Crippen molar-refractivity contribution in [3.05, 3.63) is 45.2 Å². The number of benzene rings is 1. The highest BCUT2D eigenvalue weighted by atomic mass is 32.1. The van der Waals surface area contributed by atoms with Crippen molar-refractivity contribution in [1.82, 2.24) is 4.57 Å². The zero-order valence-electron chi connectivity index (χ0n) is 11.7. The van der Waals surface area contributed by atoms with E-state index in [-0.39, 0.29) is 5.78 Å². The Morgan fingerprint density at radius 3 is 2.58 bits per heavy atom. The molecular weight excluding hydrogens is 256 g/mol. The molecule has 100 valence electrons. The number of carbonyl (C=O) groups excluding carboxylic acids is 1. The van der Waals surface area contributed by atoms with E-state index in [2.05, 4.69) is 18.4 Å². The summed E-state index contributed by atoms with van der Waals surface area (Å²) in [5.74, 6) is 0.158. The molecule has 0 atom stereocenters. The molecule has 0 bridgehead atoms. The summed E-state index contributed by atoms with van der Waals surface area (Å²) in [5, 5.41) is 0. The van der Waals surface area contributed by atoms with Gasteiger partial charge in [-0.25, -0.2) is 4.99 Å². The number of nitrogens with zero attached hydrogens (tertiary/aromatic N) is 2. The molecule has 0 amide bonds. The van der Waals surface area contributed by atoms with Crippen LogP contribution in [0.3, 0.4) is 0 Å². The van der Waals surface area contributed by atoms with E-state index in [0.29, 0.717) is 6.42 Å². The molecule has 2 aromatic rings. The highest BCUT2D eigenvalue weighted by Gasteiger charge is 2.06. The first-order valence-electron chi connectivity index (χ1n) is 6.24. The van der Waals surface area contributed by atoms with Gasteiger partial charge in [0, 0.05) is 24.0 Å². The van der Waals surface area contributed by atoms with E-state index in [9.17, 15) is 4.79 Å². The topological polar surface area (TPSA) is 34.4 Å². The molecule has 0 N–H and O–H groups in total. The van der Waals surface area contributed by atoms with Crippen molar-refractivity contribution in [2.24, 2.45) is 12.0 Å². The average Bonchev–Trinajstić information content (AvgIpc) is 2.59. The first-order valence-corrected chi connectivity index (χ1v) is 7.05. The highest BCUT2D eigenvalue weighted by Crippen LogP contribution is 2.19. The molecule has 4 heteroatoms. The van der Waals surface area contributed by atoms with Gasteiger partial charge < -0.3 is 4.57 Å². The van der Waals surface area contributed by atoms with Gasteiger partial charge in [-0.05, 0) is 32.4 Å². The molecule has 0 fully saturated rings. The molecule has 0 aliphatic heterocycles. The fraction of sp³-hybridized carbons (Fsp3) is 0.333. The predicted octanol–water partition coefficient (Wildman–Crippen LogP) is 3.07. The SMILES string of the molecule is CC(=O)Cc1ccccc1N=c1sc(C)c(C)n1C. The lowest BCUT2D eigenvalue weighted by molar-refractivity contribution is -0.116. The van der Waals surface area contributed by atoms with Crippen molar-refractivity contribution >= 4 is 22.8 Å². The summed E-state index contributed by atoms with van der Waals surface area (Å²) in [4.78, 5) is 18.2. The Kier molecular flexibility index (Phi) is 4.00. The number of aromatic nitrogens is 1. The number of hydrogen-bond acceptors (Lipinski definition) is 3. The molecule has 1 aromatic carbocycles. The number of Topliss-reactive ketones (excluding diaryl/α,β-unsaturated/α-hetero) is 1. The molecule has 0 spiro atoms. The third-order valence-corrected chi connectivity index (χ3v) is 4.34. The van der Waals surface area contributed by atoms with Crippen LogP contribution in [0.2, 0.25) is 0 Å². The summed E-state index contributed by atoms with van der Waals surface area (Å²) < 4.78 is 2.09. The fourth-order valence-electron chi connectivity index (χ4n) is 1.90. The van der Waals surface area contributed by atoms with Crippen LogP contribution in [0, 0.1) is 13.8 Å². The van der Waals surface area contributed by atoms with Gasteiger partial charge in [0.15, 0.2) is 4.80 Å². The molecule has 0 unspecified atom stereocenters. The Bertz CT molecular complexity index is 680. The Morgan fingerprint density at radius 2 is 2.00 bits per heavy atom. The molecule has 3 nitrogen and oxygen atoms in total. The maximum Gasteiger partial charge on any atom is 0.190 e. The normalized spacial score (nSPS) is 11.9. The zero-order valence-corrected chi connectivity index (χ0v) is 12.5. The largest absolute Gasteiger partial charge is 0.324 e. The number of para-hydroxylation sites is 1. The molecule has 0 aliphatic rings. The molecule has 0 radical (unpaired) electrons. The minimum absolute atomic E-state index is 0.158. The first kappa shape index (κ1) is 13.7.